The van der Waals surface area contributed by atoms with E-state index in [2.05, 4.69) is 10.3 Å². The van der Waals surface area contributed by atoms with Crippen LogP contribution in [0, 0.1) is 5.82 Å². The molecule has 1 amide bonds. The van der Waals surface area contributed by atoms with Gasteiger partial charge in [0.2, 0.25) is 0 Å². The summed E-state index contributed by atoms with van der Waals surface area (Å²) in [7, 11) is 0. The van der Waals surface area contributed by atoms with Gasteiger partial charge in [-0.05, 0) is 49.9 Å². The van der Waals surface area contributed by atoms with Crippen LogP contribution in [-0.4, -0.2) is 49.5 Å². The van der Waals surface area contributed by atoms with Crippen LogP contribution in [0.1, 0.15) is 42.6 Å². The third-order valence-electron chi connectivity index (χ3n) is 4.38. The van der Waals surface area contributed by atoms with Crippen molar-refractivity contribution in [2.75, 3.05) is 6.54 Å². The molecule has 0 spiro atoms. The largest absolute Gasteiger partial charge is 0.481 e. The molecule has 1 aromatic carbocycles. The molecule has 1 saturated heterocycles. The number of piperidine rings is 1. The zero-order chi connectivity index (χ0) is 17.8. The van der Waals surface area contributed by atoms with E-state index in [9.17, 15) is 14.0 Å². The van der Waals surface area contributed by atoms with Crippen molar-refractivity contribution in [3.63, 3.8) is 0 Å². The maximum atomic E-state index is 13.0. The number of carboxylic acids is 1. The lowest BCUT2D eigenvalue weighted by Gasteiger charge is -2.35. The van der Waals surface area contributed by atoms with E-state index in [1.807, 2.05) is 0 Å². The van der Waals surface area contributed by atoms with E-state index in [4.69, 9.17) is 5.11 Å². The van der Waals surface area contributed by atoms with Gasteiger partial charge in [0.15, 0.2) is 5.69 Å². The fourth-order valence-electron chi connectivity index (χ4n) is 3.09. The Bertz CT molecular complexity index is 760. The van der Waals surface area contributed by atoms with Crippen molar-refractivity contribution in [2.24, 2.45) is 0 Å². The number of aromatic nitrogens is 3. The third kappa shape index (κ3) is 4.01. The van der Waals surface area contributed by atoms with Crippen molar-refractivity contribution >= 4 is 11.9 Å². The molecule has 132 valence electrons. The van der Waals surface area contributed by atoms with Gasteiger partial charge in [0.1, 0.15) is 5.82 Å². The van der Waals surface area contributed by atoms with E-state index < -0.39 is 5.97 Å². The molecule has 0 aliphatic carbocycles. The number of amides is 1. The Morgan fingerprint density at radius 2 is 2.00 bits per heavy atom. The highest BCUT2D eigenvalue weighted by Crippen LogP contribution is 2.23. The summed E-state index contributed by atoms with van der Waals surface area (Å²) in [6, 6.07) is 5.63. The molecule has 2 aromatic rings. The van der Waals surface area contributed by atoms with E-state index in [-0.39, 0.29) is 29.9 Å². The van der Waals surface area contributed by atoms with Crippen LogP contribution in [0.4, 0.5) is 4.39 Å². The predicted molar refractivity (Wildman–Crippen MR) is 86.9 cm³/mol. The van der Waals surface area contributed by atoms with Crippen LogP contribution in [0.2, 0.25) is 0 Å². The van der Waals surface area contributed by atoms with E-state index in [0.29, 0.717) is 18.7 Å². The highest BCUT2D eigenvalue weighted by Gasteiger charge is 2.29. The number of carbonyl (C=O) groups excluding carboxylic acids is 1. The Labute approximate surface area is 144 Å². The van der Waals surface area contributed by atoms with Gasteiger partial charge in [0, 0.05) is 19.0 Å². The molecule has 0 saturated carbocycles. The number of benzene rings is 1. The molecule has 3 rings (SSSR count). The first-order valence-electron chi connectivity index (χ1n) is 8.25. The second-order valence-corrected chi connectivity index (χ2v) is 6.11. The monoisotopic (exact) mass is 346 g/mol. The van der Waals surface area contributed by atoms with Gasteiger partial charge in [-0.3, -0.25) is 9.59 Å². The summed E-state index contributed by atoms with van der Waals surface area (Å²) in [4.78, 5) is 25.3. The zero-order valence-electron chi connectivity index (χ0n) is 13.6. The van der Waals surface area contributed by atoms with Gasteiger partial charge in [0.25, 0.3) is 5.91 Å². The second-order valence-electron chi connectivity index (χ2n) is 6.11. The lowest BCUT2D eigenvalue weighted by molar-refractivity contribution is -0.137. The average Bonchev–Trinajstić information content (AvgIpc) is 3.10. The minimum Gasteiger partial charge on any atom is -0.481 e. The van der Waals surface area contributed by atoms with Crippen molar-refractivity contribution in [1.82, 2.24) is 19.9 Å². The summed E-state index contributed by atoms with van der Waals surface area (Å²) >= 11 is 0. The number of halogens is 1. The molecule has 8 heteroatoms. The molecule has 2 heterocycles. The van der Waals surface area contributed by atoms with Crippen LogP contribution in [-0.2, 0) is 4.79 Å². The number of rotatable bonds is 5. The van der Waals surface area contributed by atoms with Crippen molar-refractivity contribution in [3.8, 4) is 5.69 Å². The molecule has 1 aliphatic heterocycles. The first-order valence-corrected chi connectivity index (χ1v) is 8.25. The Hall–Kier alpha value is -2.77. The van der Waals surface area contributed by atoms with Gasteiger partial charge in [-0.1, -0.05) is 5.21 Å². The fraction of sp³-hybridized carbons (Fsp3) is 0.412. The van der Waals surface area contributed by atoms with Gasteiger partial charge in [-0.2, -0.15) is 0 Å². The van der Waals surface area contributed by atoms with Gasteiger partial charge < -0.3 is 10.0 Å². The molecule has 0 bridgehead atoms. The number of likely N-dealkylation sites (tertiary alicyclic amines) is 1. The van der Waals surface area contributed by atoms with Gasteiger partial charge in [-0.25, -0.2) is 9.07 Å². The van der Waals surface area contributed by atoms with Crippen LogP contribution in [0.3, 0.4) is 0 Å². The Balaban J connectivity index is 1.75. The van der Waals surface area contributed by atoms with Crippen molar-refractivity contribution in [3.05, 3.63) is 42.0 Å². The summed E-state index contributed by atoms with van der Waals surface area (Å²) in [5.74, 6) is -1.46. The molecule has 1 unspecified atom stereocenters. The molecular weight excluding hydrogens is 327 g/mol. The predicted octanol–water partition coefficient (Wildman–Crippen LogP) is 2.27. The first kappa shape index (κ1) is 17.1. The summed E-state index contributed by atoms with van der Waals surface area (Å²) in [5, 5.41) is 16.7. The molecule has 7 nitrogen and oxygen atoms in total. The second kappa shape index (κ2) is 7.42. The summed E-state index contributed by atoms with van der Waals surface area (Å²) in [6.45, 7) is 0.590. The number of hydrogen-bond acceptors (Lipinski definition) is 4. The first-order chi connectivity index (χ1) is 12.0. The maximum absolute atomic E-state index is 13.0. The van der Waals surface area contributed by atoms with E-state index >= 15 is 0 Å². The molecule has 0 radical (unpaired) electrons. The summed E-state index contributed by atoms with van der Waals surface area (Å²) in [6.07, 6.45) is 4.66. The van der Waals surface area contributed by atoms with Crippen LogP contribution in [0.15, 0.2) is 30.5 Å². The average molecular weight is 346 g/mol. The number of carbonyl (C=O) groups is 2. The summed E-state index contributed by atoms with van der Waals surface area (Å²) in [5.41, 5.74) is 0.806. The molecular formula is C17H19FN4O3. The normalized spacial score (nSPS) is 17.5. The molecule has 1 N–H and O–H groups in total. The molecule has 1 atom stereocenters. The van der Waals surface area contributed by atoms with Gasteiger partial charge >= 0.3 is 5.97 Å². The zero-order valence-corrected chi connectivity index (χ0v) is 13.6. The van der Waals surface area contributed by atoms with Gasteiger partial charge in [0.05, 0.1) is 11.9 Å². The Morgan fingerprint density at radius 1 is 1.24 bits per heavy atom. The standard InChI is InChI=1S/C17H19FN4O3/c18-12-4-6-14(7-5-12)22-11-15(19-20-22)17(25)21-10-2-1-3-13(21)8-9-16(23)24/h4-7,11,13H,1-3,8-10H2,(H,23,24). The van der Waals surface area contributed by atoms with Gasteiger partial charge in [-0.15, -0.1) is 5.10 Å². The SMILES string of the molecule is O=C(O)CCC1CCCCN1C(=O)c1cn(-c2ccc(F)cc2)nn1. The van der Waals surface area contributed by atoms with Crippen LogP contribution in [0.25, 0.3) is 5.69 Å². The smallest absolute Gasteiger partial charge is 0.303 e. The van der Waals surface area contributed by atoms with Crippen molar-refractivity contribution in [2.45, 2.75) is 38.1 Å². The highest BCUT2D eigenvalue weighted by molar-refractivity contribution is 5.92. The number of carboxylic acid groups (broad SMARTS) is 1. The Morgan fingerprint density at radius 3 is 2.72 bits per heavy atom. The van der Waals surface area contributed by atoms with E-state index in [1.54, 1.807) is 17.0 Å². The molecule has 1 aliphatic rings. The number of aliphatic carboxylic acids is 1. The topological polar surface area (TPSA) is 88.3 Å². The van der Waals surface area contributed by atoms with E-state index in [1.165, 1.54) is 23.0 Å². The maximum Gasteiger partial charge on any atom is 0.303 e. The lowest BCUT2D eigenvalue weighted by atomic mass is 9.97. The van der Waals surface area contributed by atoms with Crippen molar-refractivity contribution in [1.29, 1.82) is 0 Å². The quantitative estimate of drug-likeness (QED) is 0.897. The van der Waals surface area contributed by atoms with Crippen LogP contribution in [0.5, 0.6) is 0 Å². The third-order valence-corrected chi connectivity index (χ3v) is 4.38. The van der Waals surface area contributed by atoms with Crippen molar-refractivity contribution < 1.29 is 19.1 Å². The molecule has 1 fully saturated rings. The van der Waals surface area contributed by atoms with Crippen LogP contribution >= 0.6 is 0 Å². The number of nitrogens with zero attached hydrogens (tertiary/aromatic N) is 4. The highest BCUT2D eigenvalue weighted by atomic mass is 19.1. The molecule has 25 heavy (non-hydrogen) atoms. The minimum atomic E-state index is -0.861. The fourth-order valence-corrected chi connectivity index (χ4v) is 3.09. The molecule has 1 aromatic heterocycles. The van der Waals surface area contributed by atoms with E-state index in [0.717, 1.165) is 19.3 Å². The Kier molecular flexibility index (Phi) is 5.06. The lowest BCUT2D eigenvalue weighted by Crippen LogP contribution is -2.44. The minimum absolute atomic E-state index is 0.0384. The number of hydrogen-bond donors (Lipinski definition) is 1. The summed E-state index contributed by atoms with van der Waals surface area (Å²) < 4.78 is 14.4. The van der Waals surface area contributed by atoms with Crippen LogP contribution < -0.4 is 0 Å².